The molecule has 1 aliphatic carbocycles. The summed E-state index contributed by atoms with van der Waals surface area (Å²) < 4.78 is 1.70. The van der Waals surface area contributed by atoms with Crippen molar-refractivity contribution in [2.45, 2.75) is 37.2 Å². The SMILES string of the molecule is CSc1cc(-c2cnc3c(N)ncnn23)cc2c1C(=O)N(C(C)C1CC1)C2. The van der Waals surface area contributed by atoms with Crippen molar-refractivity contribution in [2.24, 2.45) is 5.92 Å². The van der Waals surface area contributed by atoms with Gasteiger partial charge in [-0.1, -0.05) is 0 Å². The van der Waals surface area contributed by atoms with Crippen LogP contribution in [0.3, 0.4) is 0 Å². The summed E-state index contributed by atoms with van der Waals surface area (Å²) in [4.78, 5) is 24.4. The number of hydrogen-bond acceptors (Lipinski definition) is 6. The quantitative estimate of drug-likeness (QED) is 0.700. The number of fused-ring (bicyclic) bond motifs is 2. The van der Waals surface area contributed by atoms with Gasteiger partial charge in [0.25, 0.3) is 5.91 Å². The number of anilines is 1. The van der Waals surface area contributed by atoms with Crippen LogP contribution in [-0.4, -0.2) is 42.7 Å². The van der Waals surface area contributed by atoms with Crippen LogP contribution >= 0.6 is 11.8 Å². The number of benzene rings is 1. The summed E-state index contributed by atoms with van der Waals surface area (Å²) in [6, 6.07) is 4.44. The molecule has 1 atom stereocenters. The molecule has 3 heterocycles. The van der Waals surface area contributed by atoms with Crippen LogP contribution in [0.2, 0.25) is 0 Å². The summed E-state index contributed by atoms with van der Waals surface area (Å²) in [6.45, 7) is 2.84. The van der Waals surface area contributed by atoms with Crippen molar-refractivity contribution in [3.05, 3.63) is 35.8 Å². The second-order valence-corrected chi connectivity index (χ2v) is 8.10. The predicted octanol–water partition coefficient (Wildman–Crippen LogP) is 2.85. The third-order valence-electron chi connectivity index (χ3n) is 5.64. The molecule has 1 fully saturated rings. The Kier molecular flexibility index (Phi) is 3.65. The van der Waals surface area contributed by atoms with Crippen molar-refractivity contribution < 1.29 is 4.79 Å². The zero-order valence-electron chi connectivity index (χ0n) is 15.2. The Labute approximate surface area is 161 Å². The Bertz CT molecular complexity index is 1070. The first-order valence-corrected chi connectivity index (χ1v) is 10.3. The molecule has 1 aromatic carbocycles. The second-order valence-electron chi connectivity index (χ2n) is 7.25. The van der Waals surface area contributed by atoms with E-state index in [-0.39, 0.29) is 5.91 Å². The van der Waals surface area contributed by atoms with Crippen LogP contribution in [0, 0.1) is 5.92 Å². The fourth-order valence-electron chi connectivity index (χ4n) is 3.94. The van der Waals surface area contributed by atoms with E-state index in [1.807, 2.05) is 11.2 Å². The van der Waals surface area contributed by atoms with Crippen molar-refractivity contribution in [1.82, 2.24) is 24.5 Å². The lowest BCUT2D eigenvalue weighted by atomic mass is 10.0. The number of carbonyl (C=O) groups is 1. The normalized spacial score (nSPS) is 17.6. The van der Waals surface area contributed by atoms with Gasteiger partial charge in [-0.25, -0.2) is 14.5 Å². The summed E-state index contributed by atoms with van der Waals surface area (Å²) in [5, 5.41) is 4.30. The van der Waals surface area contributed by atoms with Crippen LogP contribution in [0.25, 0.3) is 16.9 Å². The van der Waals surface area contributed by atoms with Crippen molar-refractivity contribution in [3.63, 3.8) is 0 Å². The monoisotopic (exact) mass is 380 g/mol. The topological polar surface area (TPSA) is 89.4 Å². The number of amides is 1. The maximum Gasteiger partial charge on any atom is 0.255 e. The lowest BCUT2D eigenvalue weighted by Gasteiger charge is -2.24. The largest absolute Gasteiger partial charge is 0.381 e. The predicted molar refractivity (Wildman–Crippen MR) is 104 cm³/mol. The number of nitrogens with zero attached hydrogens (tertiary/aromatic N) is 5. The van der Waals surface area contributed by atoms with Gasteiger partial charge < -0.3 is 10.6 Å². The Morgan fingerprint density at radius 2 is 2.11 bits per heavy atom. The highest BCUT2D eigenvalue weighted by Crippen LogP contribution is 2.41. The molecule has 0 saturated heterocycles. The lowest BCUT2D eigenvalue weighted by Crippen LogP contribution is -2.34. The zero-order chi connectivity index (χ0) is 18.7. The van der Waals surface area contributed by atoms with Gasteiger partial charge in [0.05, 0.1) is 17.5 Å². The Morgan fingerprint density at radius 3 is 2.85 bits per heavy atom. The first-order valence-electron chi connectivity index (χ1n) is 9.05. The van der Waals surface area contributed by atoms with Gasteiger partial charge in [-0.15, -0.1) is 11.8 Å². The number of nitrogen functional groups attached to an aromatic ring is 1. The number of imidazole rings is 1. The molecule has 5 rings (SSSR count). The molecule has 0 spiro atoms. The molecular weight excluding hydrogens is 360 g/mol. The Morgan fingerprint density at radius 1 is 1.30 bits per heavy atom. The standard InChI is InChI=1S/C19H20N6OS/c1-10(11-3-4-11)24-8-13-5-12(6-15(27-2)16(13)19(24)26)14-7-21-18-17(20)22-9-23-25(14)18/h5-7,9-11H,3-4,8H2,1-2H3,(H2,20,22,23). The Balaban J connectivity index is 1.62. The molecule has 1 amide bonds. The third-order valence-corrected chi connectivity index (χ3v) is 6.40. The lowest BCUT2D eigenvalue weighted by molar-refractivity contribution is 0.0695. The maximum absolute atomic E-state index is 13.1. The molecule has 8 heteroatoms. The van der Waals surface area contributed by atoms with Crippen molar-refractivity contribution in [2.75, 3.05) is 12.0 Å². The fourth-order valence-corrected chi connectivity index (χ4v) is 4.61. The van der Waals surface area contributed by atoms with Crippen LogP contribution in [0.1, 0.15) is 35.7 Å². The maximum atomic E-state index is 13.1. The van der Waals surface area contributed by atoms with Gasteiger partial charge in [-0.05, 0) is 49.6 Å². The van der Waals surface area contributed by atoms with E-state index >= 15 is 0 Å². The summed E-state index contributed by atoms with van der Waals surface area (Å²) in [6.07, 6.45) is 7.65. The summed E-state index contributed by atoms with van der Waals surface area (Å²) in [5.74, 6) is 1.16. The van der Waals surface area contributed by atoms with Crippen LogP contribution in [0.5, 0.6) is 0 Å². The molecule has 1 unspecified atom stereocenters. The van der Waals surface area contributed by atoms with Gasteiger partial charge in [-0.3, -0.25) is 4.79 Å². The summed E-state index contributed by atoms with van der Waals surface area (Å²) >= 11 is 1.60. The second kappa shape index (κ2) is 5.95. The summed E-state index contributed by atoms with van der Waals surface area (Å²) in [5.41, 5.74) is 10.2. The fraction of sp³-hybridized carbons (Fsp3) is 0.368. The number of aromatic nitrogens is 4. The van der Waals surface area contributed by atoms with E-state index in [9.17, 15) is 4.79 Å². The van der Waals surface area contributed by atoms with Gasteiger partial charge in [0.1, 0.15) is 6.33 Å². The first kappa shape index (κ1) is 16.6. The number of nitrogens with two attached hydrogens (primary N) is 1. The first-order chi connectivity index (χ1) is 13.1. The van der Waals surface area contributed by atoms with Crippen molar-refractivity contribution in [3.8, 4) is 11.3 Å². The minimum absolute atomic E-state index is 0.157. The zero-order valence-corrected chi connectivity index (χ0v) is 16.0. The van der Waals surface area contributed by atoms with Gasteiger partial charge in [-0.2, -0.15) is 5.10 Å². The highest BCUT2D eigenvalue weighted by atomic mass is 32.2. The smallest absolute Gasteiger partial charge is 0.255 e. The van der Waals surface area contributed by atoms with E-state index in [1.165, 1.54) is 19.2 Å². The van der Waals surface area contributed by atoms with Crippen LogP contribution in [0.4, 0.5) is 5.82 Å². The minimum Gasteiger partial charge on any atom is -0.381 e. The average Bonchev–Trinajstić information content (AvgIpc) is 3.34. The molecule has 2 N–H and O–H groups in total. The molecule has 27 heavy (non-hydrogen) atoms. The number of carbonyl (C=O) groups excluding carboxylic acids is 1. The van der Waals surface area contributed by atoms with Crippen molar-refractivity contribution in [1.29, 1.82) is 0 Å². The van der Waals surface area contributed by atoms with E-state index in [0.29, 0.717) is 30.0 Å². The number of hydrogen-bond donors (Lipinski definition) is 1. The van der Waals surface area contributed by atoms with Gasteiger partial charge in [0.15, 0.2) is 11.5 Å². The molecule has 7 nitrogen and oxygen atoms in total. The van der Waals surface area contributed by atoms with Crippen LogP contribution in [0.15, 0.2) is 29.6 Å². The minimum atomic E-state index is 0.157. The van der Waals surface area contributed by atoms with Gasteiger partial charge in [0.2, 0.25) is 0 Å². The number of rotatable bonds is 4. The third kappa shape index (κ3) is 2.50. The molecule has 3 aromatic rings. The van der Waals surface area contributed by atoms with E-state index in [2.05, 4.69) is 34.1 Å². The van der Waals surface area contributed by atoms with Crippen LogP contribution in [-0.2, 0) is 6.54 Å². The molecule has 1 saturated carbocycles. The van der Waals surface area contributed by atoms with Gasteiger partial charge >= 0.3 is 0 Å². The number of thioether (sulfide) groups is 1. The highest BCUT2D eigenvalue weighted by molar-refractivity contribution is 7.98. The molecule has 2 aliphatic rings. The van der Waals surface area contributed by atoms with E-state index in [1.54, 1.807) is 22.5 Å². The molecule has 0 bridgehead atoms. The Hall–Kier alpha value is -2.61. The average molecular weight is 380 g/mol. The van der Waals surface area contributed by atoms with E-state index in [4.69, 9.17) is 5.73 Å². The summed E-state index contributed by atoms with van der Waals surface area (Å²) in [7, 11) is 0. The molecule has 1 aliphatic heterocycles. The van der Waals surface area contributed by atoms with Gasteiger partial charge in [0, 0.05) is 23.0 Å². The van der Waals surface area contributed by atoms with E-state index in [0.717, 1.165) is 27.3 Å². The molecule has 2 aromatic heterocycles. The van der Waals surface area contributed by atoms with Crippen LogP contribution < -0.4 is 5.73 Å². The molecule has 0 radical (unpaired) electrons. The van der Waals surface area contributed by atoms with E-state index < -0.39 is 0 Å². The molecular formula is C19H20N6OS. The highest BCUT2D eigenvalue weighted by Gasteiger charge is 2.39. The van der Waals surface area contributed by atoms with Crippen molar-refractivity contribution >= 4 is 29.1 Å². The molecule has 138 valence electrons.